The molecule has 0 amide bonds. The Morgan fingerprint density at radius 1 is 1.32 bits per heavy atom. The molecule has 2 aromatic rings. The van der Waals surface area contributed by atoms with Crippen LogP contribution < -0.4 is 0 Å². The predicted octanol–water partition coefficient (Wildman–Crippen LogP) is 3.44. The maximum Gasteiger partial charge on any atom is 0.316 e. The second-order valence-electron chi connectivity index (χ2n) is 6.70. The van der Waals surface area contributed by atoms with Crippen LogP contribution in [0.2, 0.25) is 0 Å². The second-order valence-corrected chi connectivity index (χ2v) is 6.70. The van der Waals surface area contributed by atoms with Crippen molar-refractivity contribution in [1.82, 2.24) is 9.55 Å². The average molecular weight is 345 g/mol. The summed E-state index contributed by atoms with van der Waals surface area (Å²) in [5.41, 5.74) is -0.215. The first kappa shape index (κ1) is 18.6. The van der Waals surface area contributed by atoms with E-state index in [1.54, 1.807) is 32.2 Å². The van der Waals surface area contributed by atoms with Crippen molar-refractivity contribution in [3.63, 3.8) is 0 Å². The van der Waals surface area contributed by atoms with Gasteiger partial charge in [-0.1, -0.05) is 26.0 Å². The van der Waals surface area contributed by atoms with E-state index in [9.17, 15) is 14.9 Å². The van der Waals surface area contributed by atoms with E-state index >= 15 is 0 Å². The van der Waals surface area contributed by atoms with E-state index < -0.39 is 10.3 Å². The van der Waals surface area contributed by atoms with Crippen LogP contribution in [-0.2, 0) is 21.5 Å². The second kappa shape index (κ2) is 7.46. The Hall–Kier alpha value is -2.70. The van der Waals surface area contributed by atoms with Crippen LogP contribution in [0, 0.1) is 10.1 Å². The van der Waals surface area contributed by atoms with Gasteiger partial charge in [0.25, 0.3) is 5.69 Å². The lowest BCUT2D eigenvalue weighted by Gasteiger charge is -2.23. The number of rotatable bonds is 7. The summed E-state index contributed by atoms with van der Waals surface area (Å²) >= 11 is 0. The molecular formula is C18H23N3O4. The standard InChI is InChI=1S/C18H23N3O4/c1-13(2)16-19-9-10-20(16)11-12-25-17(22)18(3,4)14-5-7-15(8-6-14)21(23)24/h5-10,13H,11-12H2,1-4H3. The summed E-state index contributed by atoms with van der Waals surface area (Å²) in [5, 5.41) is 10.7. The number of hydrogen-bond donors (Lipinski definition) is 0. The van der Waals surface area contributed by atoms with Crippen molar-refractivity contribution < 1.29 is 14.5 Å². The Balaban J connectivity index is 1.99. The highest BCUT2D eigenvalue weighted by atomic mass is 16.6. The summed E-state index contributed by atoms with van der Waals surface area (Å²) in [7, 11) is 0. The number of aromatic nitrogens is 2. The largest absolute Gasteiger partial charge is 0.463 e. The maximum absolute atomic E-state index is 12.5. The number of hydrogen-bond acceptors (Lipinski definition) is 5. The van der Waals surface area contributed by atoms with Gasteiger partial charge in [-0.15, -0.1) is 0 Å². The van der Waals surface area contributed by atoms with E-state index in [0.29, 0.717) is 18.0 Å². The average Bonchev–Trinajstić information content (AvgIpc) is 3.03. The van der Waals surface area contributed by atoms with E-state index in [4.69, 9.17) is 4.74 Å². The molecule has 0 N–H and O–H groups in total. The maximum atomic E-state index is 12.5. The summed E-state index contributed by atoms with van der Waals surface area (Å²) in [4.78, 5) is 27.0. The van der Waals surface area contributed by atoms with Crippen molar-refractivity contribution >= 4 is 11.7 Å². The number of carbonyl (C=O) groups excluding carboxylic acids is 1. The zero-order valence-electron chi connectivity index (χ0n) is 14.9. The Labute approximate surface area is 146 Å². The SMILES string of the molecule is CC(C)c1nccn1CCOC(=O)C(C)(C)c1ccc([N+](=O)[O-])cc1. The lowest BCUT2D eigenvalue weighted by molar-refractivity contribution is -0.384. The third-order valence-corrected chi connectivity index (χ3v) is 4.14. The molecule has 0 aliphatic rings. The van der Waals surface area contributed by atoms with Gasteiger partial charge in [0.2, 0.25) is 0 Å². The molecule has 0 spiro atoms. The van der Waals surface area contributed by atoms with Gasteiger partial charge in [-0.05, 0) is 19.4 Å². The lowest BCUT2D eigenvalue weighted by atomic mass is 9.85. The molecular weight excluding hydrogens is 322 g/mol. The Kier molecular flexibility index (Phi) is 5.56. The van der Waals surface area contributed by atoms with Crippen molar-refractivity contribution in [2.24, 2.45) is 0 Å². The van der Waals surface area contributed by atoms with Crippen LogP contribution in [0.15, 0.2) is 36.7 Å². The fourth-order valence-corrected chi connectivity index (χ4v) is 2.55. The monoisotopic (exact) mass is 345 g/mol. The zero-order chi connectivity index (χ0) is 18.6. The number of esters is 1. The molecule has 0 unspecified atom stereocenters. The molecule has 0 radical (unpaired) electrons. The summed E-state index contributed by atoms with van der Waals surface area (Å²) in [5.74, 6) is 0.875. The Morgan fingerprint density at radius 2 is 1.96 bits per heavy atom. The number of benzene rings is 1. The lowest BCUT2D eigenvalue weighted by Crippen LogP contribution is -2.32. The first-order valence-electron chi connectivity index (χ1n) is 8.16. The van der Waals surface area contributed by atoms with Gasteiger partial charge >= 0.3 is 5.97 Å². The van der Waals surface area contributed by atoms with E-state index in [0.717, 1.165) is 5.82 Å². The van der Waals surface area contributed by atoms with Gasteiger partial charge < -0.3 is 9.30 Å². The van der Waals surface area contributed by atoms with Crippen LogP contribution in [-0.4, -0.2) is 27.1 Å². The minimum Gasteiger partial charge on any atom is -0.463 e. The molecule has 134 valence electrons. The van der Waals surface area contributed by atoms with Gasteiger partial charge in [0.1, 0.15) is 12.4 Å². The molecule has 25 heavy (non-hydrogen) atoms. The molecule has 0 saturated heterocycles. The fourth-order valence-electron chi connectivity index (χ4n) is 2.55. The molecule has 0 aliphatic heterocycles. The molecule has 7 heteroatoms. The van der Waals surface area contributed by atoms with Gasteiger partial charge in [0.05, 0.1) is 16.9 Å². The van der Waals surface area contributed by atoms with Crippen molar-refractivity contribution in [3.05, 3.63) is 58.2 Å². The van der Waals surface area contributed by atoms with Crippen LogP contribution in [0.3, 0.4) is 0 Å². The van der Waals surface area contributed by atoms with Crippen LogP contribution >= 0.6 is 0 Å². The topological polar surface area (TPSA) is 87.3 Å². The number of nitrogens with zero attached hydrogens (tertiary/aromatic N) is 3. The Bertz CT molecular complexity index is 748. The van der Waals surface area contributed by atoms with Crippen LogP contribution in [0.25, 0.3) is 0 Å². The van der Waals surface area contributed by atoms with Gasteiger partial charge in [-0.25, -0.2) is 4.98 Å². The highest BCUT2D eigenvalue weighted by Crippen LogP contribution is 2.26. The van der Waals surface area contributed by atoms with E-state index in [1.807, 2.05) is 10.8 Å². The first-order chi connectivity index (χ1) is 11.7. The minimum absolute atomic E-state index is 0.00533. The van der Waals surface area contributed by atoms with E-state index in [2.05, 4.69) is 18.8 Å². The van der Waals surface area contributed by atoms with Gasteiger partial charge in [0, 0.05) is 30.4 Å². The Morgan fingerprint density at radius 3 is 2.52 bits per heavy atom. The molecule has 0 bridgehead atoms. The smallest absolute Gasteiger partial charge is 0.316 e. The van der Waals surface area contributed by atoms with Crippen LogP contribution in [0.1, 0.15) is 45.0 Å². The third-order valence-electron chi connectivity index (χ3n) is 4.14. The molecule has 0 fully saturated rings. The molecule has 0 saturated carbocycles. The molecule has 0 atom stereocenters. The molecule has 7 nitrogen and oxygen atoms in total. The molecule has 0 aliphatic carbocycles. The van der Waals surface area contributed by atoms with Crippen molar-refractivity contribution in [1.29, 1.82) is 0 Å². The molecule has 1 heterocycles. The number of nitro benzene ring substituents is 1. The summed E-state index contributed by atoms with van der Waals surface area (Å²) in [6, 6.07) is 5.97. The van der Waals surface area contributed by atoms with E-state index in [-0.39, 0.29) is 18.3 Å². The van der Waals surface area contributed by atoms with Crippen LogP contribution in [0.4, 0.5) is 5.69 Å². The number of nitro groups is 1. The highest BCUT2D eigenvalue weighted by molar-refractivity contribution is 5.82. The summed E-state index contributed by atoms with van der Waals surface area (Å²) in [6.07, 6.45) is 3.60. The van der Waals surface area contributed by atoms with Crippen molar-refractivity contribution in [2.45, 2.75) is 45.6 Å². The summed E-state index contributed by atoms with van der Waals surface area (Å²) < 4.78 is 7.39. The van der Waals surface area contributed by atoms with E-state index in [1.165, 1.54) is 12.1 Å². The first-order valence-corrected chi connectivity index (χ1v) is 8.16. The van der Waals surface area contributed by atoms with Gasteiger partial charge in [-0.2, -0.15) is 0 Å². The predicted molar refractivity (Wildman–Crippen MR) is 93.4 cm³/mol. The normalized spacial score (nSPS) is 11.6. The number of carbonyl (C=O) groups is 1. The molecule has 1 aromatic carbocycles. The minimum atomic E-state index is -0.884. The molecule has 1 aromatic heterocycles. The summed E-state index contributed by atoms with van der Waals surface area (Å²) in [6.45, 7) is 8.38. The number of non-ortho nitro benzene ring substituents is 1. The third kappa shape index (κ3) is 4.23. The quantitative estimate of drug-likeness (QED) is 0.436. The fraction of sp³-hybridized carbons (Fsp3) is 0.444. The van der Waals surface area contributed by atoms with Crippen molar-refractivity contribution in [2.75, 3.05) is 6.61 Å². The number of ether oxygens (including phenoxy) is 1. The van der Waals surface area contributed by atoms with Crippen molar-refractivity contribution in [3.8, 4) is 0 Å². The molecule has 2 rings (SSSR count). The van der Waals surface area contributed by atoms with Gasteiger partial charge in [-0.3, -0.25) is 14.9 Å². The number of imidazole rings is 1. The van der Waals surface area contributed by atoms with Gasteiger partial charge in [0.15, 0.2) is 0 Å². The van der Waals surface area contributed by atoms with Crippen LogP contribution in [0.5, 0.6) is 0 Å². The highest BCUT2D eigenvalue weighted by Gasteiger charge is 2.31. The zero-order valence-corrected chi connectivity index (χ0v) is 14.9.